The monoisotopic (exact) mass is 367 g/mol. The van der Waals surface area contributed by atoms with Crippen molar-refractivity contribution in [1.82, 2.24) is 4.90 Å². The van der Waals surface area contributed by atoms with Gasteiger partial charge in [-0.05, 0) is 49.5 Å². The van der Waals surface area contributed by atoms with E-state index in [2.05, 4.69) is 0 Å². The molecule has 1 aliphatic heterocycles. The summed E-state index contributed by atoms with van der Waals surface area (Å²) in [5.74, 6) is -0.195. The van der Waals surface area contributed by atoms with Crippen LogP contribution in [-0.4, -0.2) is 41.2 Å². The van der Waals surface area contributed by atoms with E-state index in [1.165, 1.54) is 0 Å². The number of fused-ring (bicyclic) bond motifs is 1. The molecule has 3 rings (SSSR count). The number of aliphatic hydroxyl groups is 1. The zero-order valence-electron chi connectivity index (χ0n) is 15.1. The minimum atomic E-state index is -2.71. The summed E-state index contributed by atoms with van der Waals surface area (Å²) in [6.45, 7) is 2.68. The van der Waals surface area contributed by atoms with Gasteiger partial charge in [0.2, 0.25) is 0 Å². The minimum absolute atomic E-state index is 0.0425. The average Bonchev–Trinajstić information content (AvgIpc) is 2.66. The minimum Gasteiger partial charge on any atom is -0.445 e. The fraction of sp³-hybridized carbons (Fsp3) is 0.650. The van der Waals surface area contributed by atoms with Gasteiger partial charge in [-0.25, -0.2) is 13.6 Å². The molecule has 0 spiro atoms. The number of ether oxygens (including phenoxy) is 1. The van der Waals surface area contributed by atoms with Crippen LogP contribution >= 0.6 is 0 Å². The topological polar surface area (TPSA) is 49.8 Å². The van der Waals surface area contributed by atoms with E-state index >= 15 is 0 Å². The van der Waals surface area contributed by atoms with Gasteiger partial charge in [0.1, 0.15) is 12.7 Å². The molecule has 6 heteroatoms. The first-order valence-electron chi connectivity index (χ1n) is 9.42. The van der Waals surface area contributed by atoms with Crippen molar-refractivity contribution in [3.8, 4) is 0 Å². The Labute approximate surface area is 153 Å². The molecule has 2 aliphatic rings. The highest BCUT2D eigenvalue weighted by molar-refractivity contribution is 5.68. The van der Waals surface area contributed by atoms with Crippen LogP contribution in [0, 0.1) is 17.8 Å². The molecule has 4 nitrogen and oxygen atoms in total. The number of aliphatic hydroxyl groups excluding tert-OH is 1. The second kappa shape index (κ2) is 8.33. The largest absolute Gasteiger partial charge is 0.445 e. The van der Waals surface area contributed by atoms with Crippen molar-refractivity contribution >= 4 is 6.09 Å². The van der Waals surface area contributed by atoms with Crippen molar-refractivity contribution in [2.24, 2.45) is 17.8 Å². The number of rotatable bonds is 4. The Morgan fingerprint density at radius 2 is 1.96 bits per heavy atom. The zero-order valence-corrected chi connectivity index (χ0v) is 15.1. The van der Waals surface area contributed by atoms with Crippen molar-refractivity contribution in [3.63, 3.8) is 0 Å². The van der Waals surface area contributed by atoms with Crippen LogP contribution in [0.1, 0.15) is 38.2 Å². The van der Waals surface area contributed by atoms with Gasteiger partial charge in [-0.3, -0.25) is 0 Å². The van der Waals surface area contributed by atoms with Crippen LogP contribution in [0.25, 0.3) is 0 Å². The second-order valence-electron chi connectivity index (χ2n) is 7.51. The lowest BCUT2D eigenvalue weighted by Crippen LogP contribution is -2.54. The first-order valence-corrected chi connectivity index (χ1v) is 9.42. The number of amides is 1. The van der Waals surface area contributed by atoms with Crippen LogP contribution in [0.3, 0.4) is 0 Å². The van der Waals surface area contributed by atoms with Gasteiger partial charge in [-0.1, -0.05) is 36.8 Å². The number of carbonyl (C=O) groups is 1. The summed E-state index contributed by atoms with van der Waals surface area (Å²) in [5.41, 5.74) is 0.932. The lowest BCUT2D eigenvalue weighted by atomic mass is 9.64. The molecule has 0 aromatic heterocycles. The van der Waals surface area contributed by atoms with E-state index in [1.54, 1.807) is 4.90 Å². The van der Waals surface area contributed by atoms with Gasteiger partial charge in [0.05, 0.1) is 0 Å². The third-order valence-corrected chi connectivity index (χ3v) is 6.13. The SMILES string of the molecule is C[C@H]1[C@H]2CCC[C@@H]([C@H](O)C(F)F)[C@@H]2CCN1C(=O)OCc1ccccc1. The molecule has 1 N–H and O–H groups in total. The van der Waals surface area contributed by atoms with E-state index in [1.807, 2.05) is 37.3 Å². The summed E-state index contributed by atoms with van der Waals surface area (Å²) in [4.78, 5) is 14.2. The Kier molecular flexibility index (Phi) is 6.12. The Bertz CT molecular complexity index is 598. The summed E-state index contributed by atoms with van der Waals surface area (Å²) in [6, 6.07) is 9.44. The lowest BCUT2D eigenvalue weighted by molar-refractivity contribution is -0.0939. The third kappa shape index (κ3) is 4.00. The molecule has 1 saturated heterocycles. The summed E-state index contributed by atoms with van der Waals surface area (Å²) < 4.78 is 31.4. The predicted octanol–water partition coefficient (Wildman–Crippen LogP) is 4.08. The number of alkyl halides is 2. The van der Waals surface area contributed by atoms with Crippen molar-refractivity contribution in [1.29, 1.82) is 0 Å². The predicted molar refractivity (Wildman–Crippen MR) is 93.7 cm³/mol. The van der Waals surface area contributed by atoms with Gasteiger partial charge in [0.15, 0.2) is 0 Å². The Balaban J connectivity index is 1.61. The van der Waals surface area contributed by atoms with Gasteiger partial charge < -0.3 is 14.7 Å². The molecule has 1 amide bonds. The quantitative estimate of drug-likeness (QED) is 0.873. The normalized spacial score (nSPS) is 30.0. The van der Waals surface area contributed by atoms with Crippen LogP contribution < -0.4 is 0 Å². The van der Waals surface area contributed by atoms with Crippen molar-refractivity contribution in [3.05, 3.63) is 35.9 Å². The highest BCUT2D eigenvalue weighted by Gasteiger charge is 2.46. The molecule has 2 fully saturated rings. The number of hydrogen-bond donors (Lipinski definition) is 1. The number of likely N-dealkylation sites (tertiary alicyclic amines) is 1. The van der Waals surface area contributed by atoms with Crippen LogP contribution in [-0.2, 0) is 11.3 Å². The van der Waals surface area contributed by atoms with Crippen molar-refractivity contribution < 1.29 is 23.4 Å². The van der Waals surface area contributed by atoms with Crippen LogP contribution in [0.15, 0.2) is 30.3 Å². The maximum atomic E-state index is 13.0. The van der Waals surface area contributed by atoms with Crippen LogP contribution in [0.5, 0.6) is 0 Å². The summed E-state index contributed by atoms with van der Waals surface area (Å²) in [7, 11) is 0. The number of nitrogens with zero attached hydrogens (tertiary/aromatic N) is 1. The summed E-state index contributed by atoms with van der Waals surface area (Å²) >= 11 is 0. The summed E-state index contributed by atoms with van der Waals surface area (Å²) in [6.07, 6.45) is -1.62. The van der Waals surface area contributed by atoms with Crippen LogP contribution in [0.4, 0.5) is 13.6 Å². The highest BCUT2D eigenvalue weighted by atomic mass is 19.3. The number of benzene rings is 1. The van der Waals surface area contributed by atoms with Crippen molar-refractivity contribution in [2.75, 3.05) is 6.54 Å². The molecule has 0 bridgehead atoms. The molecule has 26 heavy (non-hydrogen) atoms. The molecule has 1 aliphatic carbocycles. The molecule has 0 radical (unpaired) electrons. The maximum absolute atomic E-state index is 13.0. The van der Waals surface area contributed by atoms with Gasteiger partial charge in [0.25, 0.3) is 6.43 Å². The molecule has 1 aromatic rings. The number of hydrogen-bond acceptors (Lipinski definition) is 3. The van der Waals surface area contributed by atoms with Gasteiger partial charge in [-0.15, -0.1) is 0 Å². The van der Waals surface area contributed by atoms with E-state index in [4.69, 9.17) is 4.74 Å². The van der Waals surface area contributed by atoms with Gasteiger partial charge in [0, 0.05) is 12.6 Å². The third-order valence-electron chi connectivity index (χ3n) is 6.13. The van der Waals surface area contributed by atoms with Gasteiger partial charge in [-0.2, -0.15) is 0 Å². The van der Waals surface area contributed by atoms with Gasteiger partial charge >= 0.3 is 6.09 Å². The van der Waals surface area contributed by atoms with E-state index < -0.39 is 12.5 Å². The van der Waals surface area contributed by atoms with E-state index in [0.29, 0.717) is 19.4 Å². The first kappa shape index (κ1) is 19.1. The standard InChI is InChI=1S/C20H27F2NO3/c1-13-15-8-5-9-17(18(24)19(21)22)16(15)10-11-23(13)20(25)26-12-14-6-3-2-4-7-14/h2-4,6-7,13,15-19,24H,5,8-12H2,1H3/t13-,15+,16+,17+,18-/m0/s1. The molecule has 1 heterocycles. The lowest BCUT2D eigenvalue weighted by Gasteiger charge is -2.49. The second-order valence-corrected chi connectivity index (χ2v) is 7.51. The number of carbonyl (C=O) groups excluding carboxylic acids is 1. The summed E-state index contributed by atoms with van der Waals surface area (Å²) in [5, 5.41) is 9.91. The Morgan fingerprint density at radius 3 is 2.65 bits per heavy atom. The molecule has 0 unspecified atom stereocenters. The Morgan fingerprint density at radius 1 is 1.23 bits per heavy atom. The van der Waals surface area contributed by atoms with Crippen molar-refractivity contribution in [2.45, 2.75) is 57.8 Å². The highest BCUT2D eigenvalue weighted by Crippen LogP contribution is 2.45. The zero-order chi connectivity index (χ0) is 18.7. The van der Waals surface area contributed by atoms with Crippen LogP contribution in [0.2, 0.25) is 0 Å². The molecule has 5 atom stereocenters. The molecule has 1 aromatic carbocycles. The Hall–Kier alpha value is -1.69. The maximum Gasteiger partial charge on any atom is 0.410 e. The first-order chi connectivity index (χ1) is 12.5. The fourth-order valence-corrected chi connectivity index (χ4v) is 4.76. The van der Waals surface area contributed by atoms with E-state index in [0.717, 1.165) is 18.4 Å². The molecule has 1 saturated carbocycles. The average molecular weight is 367 g/mol. The molecular weight excluding hydrogens is 340 g/mol. The fourth-order valence-electron chi connectivity index (χ4n) is 4.76. The van der Waals surface area contributed by atoms with E-state index in [9.17, 15) is 18.7 Å². The number of halogens is 2. The number of piperidine rings is 1. The smallest absolute Gasteiger partial charge is 0.410 e. The molecular formula is C20H27F2NO3. The molecule has 144 valence electrons. The van der Waals surface area contributed by atoms with E-state index in [-0.39, 0.29) is 36.5 Å².